The monoisotopic (exact) mass is 399 g/mol. The van der Waals surface area contributed by atoms with Crippen molar-refractivity contribution in [1.29, 1.82) is 0 Å². The van der Waals surface area contributed by atoms with E-state index in [-0.39, 0.29) is 29.0 Å². The van der Waals surface area contributed by atoms with E-state index in [1.54, 1.807) is 17.0 Å². The molecule has 1 amide bonds. The van der Waals surface area contributed by atoms with Crippen LogP contribution in [-0.4, -0.2) is 44.7 Å². The third-order valence-corrected chi connectivity index (χ3v) is 6.06. The van der Waals surface area contributed by atoms with E-state index in [0.717, 1.165) is 11.3 Å². The minimum atomic E-state index is -0.371. The molecule has 1 fully saturated rings. The molecular formula is C20H22FN5OS. The molecule has 1 aromatic carbocycles. The van der Waals surface area contributed by atoms with E-state index in [4.69, 9.17) is 5.73 Å². The van der Waals surface area contributed by atoms with Crippen LogP contribution in [0.25, 0.3) is 16.4 Å². The summed E-state index contributed by atoms with van der Waals surface area (Å²) in [5.41, 5.74) is 6.54. The lowest BCUT2D eigenvalue weighted by atomic mass is 9.79. The molecule has 28 heavy (non-hydrogen) atoms. The molecule has 8 heteroatoms. The topological polar surface area (TPSA) is 77.0 Å². The van der Waals surface area contributed by atoms with Crippen molar-refractivity contribution in [3.8, 4) is 16.4 Å². The summed E-state index contributed by atoms with van der Waals surface area (Å²) in [7, 11) is 0. The van der Waals surface area contributed by atoms with Crippen LogP contribution >= 0.6 is 11.3 Å². The number of amides is 1. The summed E-state index contributed by atoms with van der Waals surface area (Å²) < 4.78 is 15.3. The normalized spacial score (nSPS) is 19.0. The van der Waals surface area contributed by atoms with Crippen LogP contribution in [0.5, 0.6) is 0 Å². The SMILES string of the molecule is CC1(C)CN(C(=O)c2nc(-c3cccs3)n(-c3cccc(F)c3)n2)CCC1N. The predicted molar refractivity (Wildman–Crippen MR) is 107 cm³/mol. The maximum absolute atomic E-state index is 13.8. The summed E-state index contributed by atoms with van der Waals surface area (Å²) in [6.07, 6.45) is 0.737. The predicted octanol–water partition coefficient (Wildman–Crippen LogP) is 3.33. The Hall–Kier alpha value is -2.58. The van der Waals surface area contributed by atoms with Crippen LogP contribution in [0, 0.1) is 11.2 Å². The van der Waals surface area contributed by atoms with Gasteiger partial charge in [0.1, 0.15) is 5.82 Å². The zero-order valence-corrected chi connectivity index (χ0v) is 16.6. The van der Waals surface area contributed by atoms with Gasteiger partial charge in [0, 0.05) is 19.1 Å². The van der Waals surface area contributed by atoms with E-state index in [1.807, 2.05) is 17.5 Å². The lowest BCUT2D eigenvalue weighted by Crippen LogP contribution is -2.54. The number of likely N-dealkylation sites (tertiary alicyclic amines) is 1. The van der Waals surface area contributed by atoms with E-state index < -0.39 is 0 Å². The van der Waals surface area contributed by atoms with Gasteiger partial charge in [0.25, 0.3) is 5.91 Å². The van der Waals surface area contributed by atoms with Crippen molar-refractivity contribution in [1.82, 2.24) is 19.7 Å². The summed E-state index contributed by atoms with van der Waals surface area (Å²) in [5.74, 6) is 0.0357. The largest absolute Gasteiger partial charge is 0.335 e. The fraction of sp³-hybridized carbons (Fsp3) is 0.350. The number of hydrogen-bond donors (Lipinski definition) is 1. The van der Waals surface area contributed by atoms with Crippen LogP contribution < -0.4 is 5.73 Å². The van der Waals surface area contributed by atoms with Crippen LogP contribution in [-0.2, 0) is 0 Å². The maximum atomic E-state index is 13.8. The van der Waals surface area contributed by atoms with Gasteiger partial charge in [0.2, 0.25) is 5.82 Å². The summed E-state index contributed by atoms with van der Waals surface area (Å²) in [4.78, 5) is 20.2. The van der Waals surface area contributed by atoms with Gasteiger partial charge < -0.3 is 10.6 Å². The molecule has 6 nitrogen and oxygen atoms in total. The number of carbonyl (C=O) groups excluding carboxylic acids is 1. The quantitative estimate of drug-likeness (QED) is 0.733. The summed E-state index contributed by atoms with van der Waals surface area (Å²) in [5, 5.41) is 6.37. The number of aromatic nitrogens is 3. The number of nitrogens with two attached hydrogens (primary N) is 1. The molecule has 3 heterocycles. The number of rotatable bonds is 3. The second-order valence-electron chi connectivity index (χ2n) is 7.74. The maximum Gasteiger partial charge on any atom is 0.293 e. The van der Waals surface area contributed by atoms with Gasteiger partial charge in [-0.2, -0.15) is 0 Å². The van der Waals surface area contributed by atoms with Gasteiger partial charge in [-0.05, 0) is 41.5 Å². The lowest BCUT2D eigenvalue weighted by molar-refractivity contribution is 0.0521. The fourth-order valence-electron chi connectivity index (χ4n) is 3.44. The van der Waals surface area contributed by atoms with E-state index in [9.17, 15) is 9.18 Å². The van der Waals surface area contributed by atoms with Gasteiger partial charge in [-0.25, -0.2) is 14.1 Å². The van der Waals surface area contributed by atoms with Crippen LogP contribution in [0.4, 0.5) is 4.39 Å². The molecule has 4 rings (SSSR count). The standard InChI is InChI=1S/C20H22FN5OS/c1-20(2)12-25(9-8-16(20)22)19(27)17-23-18(15-7-4-10-28-15)26(24-17)14-6-3-5-13(21)11-14/h3-7,10-11,16H,8-9,12,22H2,1-2H3. The molecule has 1 unspecified atom stereocenters. The molecule has 1 atom stereocenters. The number of nitrogens with zero attached hydrogens (tertiary/aromatic N) is 4. The molecule has 0 radical (unpaired) electrons. The molecule has 0 spiro atoms. The van der Waals surface area contributed by atoms with Gasteiger partial charge in [-0.1, -0.05) is 26.0 Å². The number of carbonyl (C=O) groups is 1. The van der Waals surface area contributed by atoms with Gasteiger partial charge in [-0.15, -0.1) is 16.4 Å². The molecule has 0 saturated carbocycles. The highest BCUT2D eigenvalue weighted by molar-refractivity contribution is 7.13. The smallest absolute Gasteiger partial charge is 0.293 e. The Morgan fingerprint density at radius 3 is 2.82 bits per heavy atom. The number of thiophene rings is 1. The minimum Gasteiger partial charge on any atom is -0.335 e. The van der Waals surface area contributed by atoms with Crippen LogP contribution in [0.1, 0.15) is 30.9 Å². The Balaban J connectivity index is 1.73. The van der Waals surface area contributed by atoms with Crippen molar-refractivity contribution < 1.29 is 9.18 Å². The first-order chi connectivity index (χ1) is 13.3. The number of hydrogen-bond acceptors (Lipinski definition) is 5. The van der Waals surface area contributed by atoms with Crippen LogP contribution in [0.2, 0.25) is 0 Å². The highest BCUT2D eigenvalue weighted by Crippen LogP contribution is 2.30. The molecule has 1 aliphatic heterocycles. The molecule has 1 aliphatic rings. The van der Waals surface area contributed by atoms with E-state index in [2.05, 4.69) is 23.9 Å². The Morgan fingerprint density at radius 2 is 2.14 bits per heavy atom. The Kier molecular flexibility index (Phi) is 4.76. The molecule has 2 aromatic heterocycles. The third-order valence-electron chi connectivity index (χ3n) is 5.19. The molecule has 3 aromatic rings. The Bertz CT molecular complexity index is 998. The molecule has 2 N–H and O–H groups in total. The molecule has 0 aliphatic carbocycles. The molecular weight excluding hydrogens is 377 g/mol. The van der Waals surface area contributed by atoms with Crippen LogP contribution in [0.3, 0.4) is 0 Å². The number of piperidine rings is 1. The fourth-order valence-corrected chi connectivity index (χ4v) is 4.14. The van der Waals surface area contributed by atoms with Crippen molar-refractivity contribution >= 4 is 17.2 Å². The third kappa shape index (κ3) is 3.45. The van der Waals surface area contributed by atoms with Crippen molar-refractivity contribution in [2.24, 2.45) is 11.1 Å². The first-order valence-electron chi connectivity index (χ1n) is 9.17. The van der Waals surface area contributed by atoms with Crippen molar-refractivity contribution in [3.63, 3.8) is 0 Å². The van der Waals surface area contributed by atoms with Gasteiger partial charge in [0.15, 0.2) is 5.82 Å². The van der Waals surface area contributed by atoms with Gasteiger partial charge in [-0.3, -0.25) is 4.79 Å². The van der Waals surface area contributed by atoms with Crippen molar-refractivity contribution in [2.45, 2.75) is 26.3 Å². The zero-order chi connectivity index (χ0) is 19.9. The average Bonchev–Trinajstić information content (AvgIpc) is 3.32. The Morgan fingerprint density at radius 1 is 1.32 bits per heavy atom. The summed E-state index contributed by atoms with van der Waals surface area (Å²) in [6.45, 7) is 5.25. The Labute approximate surface area is 166 Å². The first kappa shape index (κ1) is 18.8. The molecule has 1 saturated heterocycles. The minimum absolute atomic E-state index is 0.0519. The molecule has 146 valence electrons. The second-order valence-corrected chi connectivity index (χ2v) is 8.69. The van der Waals surface area contributed by atoms with Crippen molar-refractivity contribution in [3.05, 3.63) is 53.4 Å². The highest BCUT2D eigenvalue weighted by Gasteiger charge is 2.37. The highest BCUT2D eigenvalue weighted by atomic mass is 32.1. The first-order valence-corrected chi connectivity index (χ1v) is 10.0. The number of halogens is 1. The van der Waals surface area contributed by atoms with E-state index >= 15 is 0 Å². The second kappa shape index (κ2) is 7.10. The van der Waals surface area contributed by atoms with Gasteiger partial charge >= 0.3 is 0 Å². The van der Waals surface area contributed by atoms with Crippen molar-refractivity contribution in [2.75, 3.05) is 13.1 Å². The van der Waals surface area contributed by atoms with Crippen LogP contribution in [0.15, 0.2) is 41.8 Å². The zero-order valence-electron chi connectivity index (χ0n) is 15.8. The van der Waals surface area contributed by atoms with E-state index in [0.29, 0.717) is 24.6 Å². The average molecular weight is 399 g/mol. The lowest BCUT2D eigenvalue weighted by Gasteiger charge is -2.42. The van der Waals surface area contributed by atoms with Gasteiger partial charge in [0.05, 0.1) is 10.6 Å². The number of benzene rings is 1. The van der Waals surface area contributed by atoms with E-state index in [1.165, 1.54) is 28.2 Å². The molecule has 0 bridgehead atoms. The summed E-state index contributed by atoms with van der Waals surface area (Å²) in [6, 6.07) is 9.96. The summed E-state index contributed by atoms with van der Waals surface area (Å²) >= 11 is 1.49.